The molecule has 0 saturated carbocycles. The third-order valence-electron chi connectivity index (χ3n) is 7.14. The summed E-state index contributed by atoms with van der Waals surface area (Å²) >= 11 is 0. The van der Waals surface area contributed by atoms with Gasteiger partial charge in [0.2, 0.25) is 11.2 Å². The molecule has 2 amide bonds. The number of carbonyl (C=O) groups excluding carboxylic acids is 2. The van der Waals surface area contributed by atoms with E-state index in [9.17, 15) is 14.7 Å². The van der Waals surface area contributed by atoms with Crippen LogP contribution in [0.4, 0.5) is 11.4 Å². The molecule has 2 aliphatic heterocycles. The molecule has 0 spiro atoms. The van der Waals surface area contributed by atoms with Gasteiger partial charge >= 0.3 is 0 Å². The second-order valence-electron chi connectivity index (χ2n) is 9.68. The minimum absolute atomic E-state index is 0.445. The molecule has 0 bridgehead atoms. The molecule has 1 saturated heterocycles. The molecule has 2 aliphatic rings. The van der Waals surface area contributed by atoms with Crippen LogP contribution in [-0.2, 0) is 19.9 Å². The molecule has 0 aromatic heterocycles. The monoisotopic (exact) mass is 486 g/mol. The SMILES string of the molecule is COc1ccc(N2C(=O)[C@@](O)([C@]3(OC(C)C)C(=O)N(C)c4ccccc43)[C@@H]2c2ccc(C)cc2)cc1. The summed E-state index contributed by atoms with van der Waals surface area (Å²) in [5.74, 6) is -0.424. The molecule has 7 nitrogen and oxygen atoms in total. The van der Waals surface area contributed by atoms with Gasteiger partial charge in [-0.2, -0.15) is 0 Å². The molecular formula is C29H30N2O5. The fourth-order valence-electron chi connectivity index (χ4n) is 5.48. The largest absolute Gasteiger partial charge is 0.497 e. The number of carbonyl (C=O) groups is 2. The molecule has 1 fully saturated rings. The summed E-state index contributed by atoms with van der Waals surface area (Å²) in [5, 5.41) is 12.5. The topological polar surface area (TPSA) is 79.3 Å². The van der Waals surface area contributed by atoms with Crippen LogP contribution < -0.4 is 14.5 Å². The van der Waals surface area contributed by atoms with Gasteiger partial charge in [0, 0.05) is 18.3 Å². The zero-order chi connectivity index (χ0) is 25.8. The predicted molar refractivity (Wildman–Crippen MR) is 137 cm³/mol. The van der Waals surface area contributed by atoms with Gasteiger partial charge in [0.05, 0.1) is 18.9 Å². The number of aryl methyl sites for hydroxylation is 1. The van der Waals surface area contributed by atoms with E-state index in [0.29, 0.717) is 28.3 Å². The number of hydrogen-bond acceptors (Lipinski definition) is 5. The fourth-order valence-corrected chi connectivity index (χ4v) is 5.48. The van der Waals surface area contributed by atoms with Gasteiger partial charge in [-0.15, -0.1) is 0 Å². The zero-order valence-corrected chi connectivity index (χ0v) is 21.1. The van der Waals surface area contributed by atoms with E-state index in [4.69, 9.17) is 9.47 Å². The van der Waals surface area contributed by atoms with E-state index in [0.717, 1.165) is 5.56 Å². The molecule has 3 aromatic carbocycles. The average molecular weight is 487 g/mol. The molecule has 0 unspecified atom stereocenters. The number of hydrogen-bond donors (Lipinski definition) is 1. The first kappa shape index (κ1) is 24.0. The molecule has 186 valence electrons. The average Bonchev–Trinajstić information content (AvgIpc) is 3.09. The summed E-state index contributed by atoms with van der Waals surface area (Å²) in [6.07, 6.45) is -0.445. The quantitative estimate of drug-likeness (QED) is 0.531. The number of fused-ring (bicyclic) bond motifs is 1. The van der Waals surface area contributed by atoms with Crippen LogP contribution in [0, 0.1) is 6.92 Å². The lowest BCUT2D eigenvalue weighted by atomic mass is 9.64. The minimum atomic E-state index is -2.19. The summed E-state index contributed by atoms with van der Waals surface area (Å²) in [4.78, 5) is 31.1. The van der Waals surface area contributed by atoms with Crippen molar-refractivity contribution in [1.82, 2.24) is 0 Å². The first-order chi connectivity index (χ1) is 17.2. The van der Waals surface area contributed by atoms with Crippen LogP contribution in [0.1, 0.15) is 36.6 Å². The summed E-state index contributed by atoms with van der Waals surface area (Å²) in [6, 6.07) is 21.0. The minimum Gasteiger partial charge on any atom is -0.497 e. The lowest BCUT2D eigenvalue weighted by Gasteiger charge is -2.58. The van der Waals surface area contributed by atoms with Crippen LogP contribution >= 0.6 is 0 Å². The Hall–Kier alpha value is -3.68. The number of rotatable bonds is 6. The van der Waals surface area contributed by atoms with Gasteiger partial charge in [-0.3, -0.25) is 14.5 Å². The van der Waals surface area contributed by atoms with Crippen LogP contribution in [-0.4, -0.2) is 42.8 Å². The van der Waals surface area contributed by atoms with Gasteiger partial charge in [-0.05, 0) is 56.7 Å². The highest BCUT2D eigenvalue weighted by Crippen LogP contribution is 2.60. The predicted octanol–water partition coefficient (Wildman–Crippen LogP) is 4.12. The highest BCUT2D eigenvalue weighted by Gasteiger charge is 2.78. The van der Waals surface area contributed by atoms with Crippen molar-refractivity contribution in [2.24, 2.45) is 0 Å². The summed E-state index contributed by atoms with van der Waals surface area (Å²) in [5.41, 5.74) is -0.692. The van der Waals surface area contributed by atoms with Gasteiger partial charge in [-0.25, -0.2) is 0 Å². The Bertz CT molecular complexity index is 1320. The van der Waals surface area contributed by atoms with Crippen molar-refractivity contribution in [3.8, 4) is 5.75 Å². The number of β-lactam (4-membered cyclic amide) rings is 1. The van der Waals surface area contributed by atoms with Crippen molar-refractivity contribution in [3.05, 3.63) is 89.5 Å². The van der Waals surface area contributed by atoms with Crippen molar-refractivity contribution in [2.75, 3.05) is 24.0 Å². The summed E-state index contributed by atoms with van der Waals surface area (Å²) in [7, 11) is 3.21. The smallest absolute Gasteiger partial charge is 0.267 e. The molecule has 3 aromatic rings. The molecule has 2 heterocycles. The number of likely N-dealkylation sites (N-methyl/N-ethyl adjacent to an activating group) is 1. The highest BCUT2D eigenvalue weighted by molar-refractivity contribution is 6.18. The van der Waals surface area contributed by atoms with Crippen LogP contribution in [0.15, 0.2) is 72.8 Å². The van der Waals surface area contributed by atoms with Crippen LogP contribution in [0.2, 0.25) is 0 Å². The Morgan fingerprint density at radius 1 is 0.917 bits per heavy atom. The van der Waals surface area contributed by atoms with E-state index < -0.39 is 35.2 Å². The number of nitrogens with zero attached hydrogens (tertiary/aromatic N) is 2. The van der Waals surface area contributed by atoms with Crippen LogP contribution in [0.25, 0.3) is 0 Å². The van der Waals surface area contributed by atoms with E-state index in [1.165, 1.54) is 9.80 Å². The standard InChI is InChI=1S/C29H30N2O5/c1-18(2)36-29(23-8-6-7-9-24(23)30(4)27(29)33)28(34)25(20-12-10-19(3)11-13-20)31(26(28)32)21-14-16-22(35-5)17-15-21/h6-18,25,34H,1-5H3/t25-,28+,29+/m0/s1. The Balaban J connectivity index is 1.75. The highest BCUT2D eigenvalue weighted by atomic mass is 16.5. The fraction of sp³-hybridized carbons (Fsp3) is 0.310. The second-order valence-corrected chi connectivity index (χ2v) is 9.68. The molecule has 0 aliphatic carbocycles. The lowest BCUT2D eigenvalue weighted by Crippen LogP contribution is -2.79. The van der Waals surface area contributed by atoms with Crippen LogP contribution in [0.5, 0.6) is 5.75 Å². The molecule has 7 heteroatoms. The maximum absolute atomic E-state index is 14.1. The maximum Gasteiger partial charge on any atom is 0.267 e. The number of aliphatic hydroxyl groups is 1. The third kappa shape index (κ3) is 3.13. The zero-order valence-electron chi connectivity index (χ0n) is 21.1. The van der Waals surface area contributed by atoms with E-state index >= 15 is 0 Å². The van der Waals surface area contributed by atoms with Crippen molar-refractivity contribution in [3.63, 3.8) is 0 Å². The van der Waals surface area contributed by atoms with E-state index in [-0.39, 0.29) is 0 Å². The first-order valence-electron chi connectivity index (χ1n) is 12.0. The first-order valence-corrected chi connectivity index (χ1v) is 12.0. The van der Waals surface area contributed by atoms with Gasteiger partial charge < -0.3 is 19.5 Å². The van der Waals surface area contributed by atoms with E-state index in [1.807, 2.05) is 37.3 Å². The van der Waals surface area contributed by atoms with Gasteiger partial charge in [0.15, 0.2) is 0 Å². The van der Waals surface area contributed by atoms with Crippen molar-refractivity contribution in [1.29, 1.82) is 0 Å². The number of amides is 2. The summed E-state index contributed by atoms with van der Waals surface area (Å²) < 4.78 is 11.6. The Labute approximate surface area is 210 Å². The Morgan fingerprint density at radius 3 is 2.17 bits per heavy atom. The number of methoxy groups -OCH3 is 1. The molecule has 5 rings (SSSR count). The lowest BCUT2D eigenvalue weighted by molar-refractivity contribution is -0.226. The normalized spacial score (nSPS) is 25.2. The van der Waals surface area contributed by atoms with Gasteiger partial charge in [-0.1, -0.05) is 48.0 Å². The van der Waals surface area contributed by atoms with Crippen LogP contribution in [0.3, 0.4) is 0 Å². The Morgan fingerprint density at radius 2 is 1.56 bits per heavy atom. The van der Waals surface area contributed by atoms with Gasteiger partial charge in [0.1, 0.15) is 11.8 Å². The second kappa shape index (κ2) is 8.47. The molecule has 0 radical (unpaired) electrons. The van der Waals surface area contributed by atoms with Crippen molar-refractivity contribution >= 4 is 23.2 Å². The van der Waals surface area contributed by atoms with E-state index in [2.05, 4.69) is 0 Å². The molecule has 3 atom stereocenters. The molecular weight excluding hydrogens is 456 g/mol. The number of anilines is 2. The molecule has 1 N–H and O–H groups in total. The third-order valence-corrected chi connectivity index (χ3v) is 7.14. The Kier molecular flexibility index (Phi) is 5.65. The maximum atomic E-state index is 14.1. The summed E-state index contributed by atoms with van der Waals surface area (Å²) in [6.45, 7) is 5.56. The van der Waals surface area contributed by atoms with Crippen molar-refractivity contribution < 1.29 is 24.2 Å². The van der Waals surface area contributed by atoms with Crippen molar-refractivity contribution in [2.45, 2.75) is 44.1 Å². The number of ether oxygens (including phenoxy) is 2. The molecule has 36 heavy (non-hydrogen) atoms. The van der Waals surface area contributed by atoms with E-state index in [1.54, 1.807) is 70.5 Å². The van der Waals surface area contributed by atoms with Gasteiger partial charge in [0.25, 0.3) is 11.8 Å². The number of benzene rings is 3. The number of para-hydroxylation sites is 1.